The van der Waals surface area contributed by atoms with Crippen LogP contribution < -0.4 is 10.6 Å². The average Bonchev–Trinajstić information content (AvgIpc) is 3.24. The number of rotatable bonds is 7. The van der Waals surface area contributed by atoms with Crippen molar-refractivity contribution in [2.75, 3.05) is 20.1 Å². The van der Waals surface area contributed by atoms with Gasteiger partial charge in [-0.3, -0.25) is 4.99 Å². The maximum atomic E-state index is 4.42. The lowest BCUT2D eigenvalue weighted by atomic mass is 10.1. The van der Waals surface area contributed by atoms with Gasteiger partial charge in [-0.15, -0.1) is 10.2 Å². The SMILES string of the molecule is CN=C(NCCCc1nnc2n1CCCCC2)NCCc1c[nH]c2cc(C)ccc12. The molecule has 30 heavy (non-hydrogen) atoms. The van der Waals surface area contributed by atoms with Crippen molar-refractivity contribution in [2.45, 2.75) is 58.4 Å². The second-order valence-electron chi connectivity index (χ2n) is 8.14. The molecule has 3 aromatic rings. The van der Waals surface area contributed by atoms with Gasteiger partial charge in [0, 0.05) is 56.6 Å². The zero-order valence-electron chi connectivity index (χ0n) is 18.2. The lowest BCUT2D eigenvalue weighted by Crippen LogP contribution is -2.38. The van der Waals surface area contributed by atoms with E-state index in [9.17, 15) is 0 Å². The Kier molecular flexibility index (Phi) is 6.67. The van der Waals surface area contributed by atoms with Gasteiger partial charge in [-0.25, -0.2) is 0 Å². The maximum Gasteiger partial charge on any atom is 0.190 e. The van der Waals surface area contributed by atoms with Gasteiger partial charge < -0.3 is 20.2 Å². The second-order valence-corrected chi connectivity index (χ2v) is 8.14. The summed E-state index contributed by atoms with van der Waals surface area (Å²) in [7, 11) is 1.82. The van der Waals surface area contributed by atoms with Gasteiger partial charge in [-0.1, -0.05) is 18.6 Å². The molecule has 1 aliphatic rings. The molecule has 7 heteroatoms. The molecular formula is C23H33N7. The van der Waals surface area contributed by atoms with Crippen molar-refractivity contribution in [1.82, 2.24) is 30.4 Å². The number of hydrogen-bond acceptors (Lipinski definition) is 3. The number of aryl methyl sites for hydroxylation is 3. The summed E-state index contributed by atoms with van der Waals surface area (Å²) in [6, 6.07) is 6.57. The standard InChI is InChI=1S/C23H33N7/c1-17-9-10-19-18(16-27-20(19)15-17)11-13-26-23(24-2)25-12-6-8-22-29-28-21-7-4-3-5-14-30(21)22/h9-10,15-16,27H,3-8,11-14H2,1-2H3,(H2,24,25,26). The lowest BCUT2D eigenvalue weighted by molar-refractivity contribution is 0.594. The van der Waals surface area contributed by atoms with Crippen LogP contribution in [0.2, 0.25) is 0 Å². The van der Waals surface area contributed by atoms with Crippen LogP contribution in [0.1, 0.15) is 48.5 Å². The van der Waals surface area contributed by atoms with Crippen LogP contribution in [-0.2, 0) is 25.8 Å². The molecule has 0 atom stereocenters. The number of nitrogens with one attached hydrogen (secondary N) is 3. The first-order chi connectivity index (χ1) is 14.7. The van der Waals surface area contributed by atoms with E-state index in [0.29, 0.717) is 0 Å². The van der Waals surface area contributed by atoms with Crippen LogP contribution in [0.5, 0.6) is 0 Å². The molecule has 0 spiro atoms. The lowest BCUT2D eigenvalue weighted by Gasteiger charge is -2.12. The molecule has 0 saturated heterocycles. The minimum Gasteiger partial charge on any atom is -0.361 e. The van der Waals surface area contributed by atoms with E-state index in [-0.39, 0.29) is 0 Å². The summed E-state index contributed by atoms with van der Waals surface area (Å²) in [5.74, 6) is 3.15. The molecule has 3 N–H and O–H groups in total. The maximum absolute atomic E-state index is 4.42. The summed E-state index contributed by atoms with van der Waals surface area (Å²) in [5, 5.41) is 17.0. The number of nitrogens with zero attached hydrogens (tertiary/aromatic N) is 4. The van der Waals surface area contributed by atoms with Crippen molar-refractivity contribution in [1.29, 1.82) is 0 Å². The van der Waals surface area contributed by atoms with E-state index in [1.54, 1.807) is 0 Å². The van der Waals surface area contributed by atoms with E-state index in [1.807, 2.05) is 7.05 Å². The molecule has 0 radical (unpaired) electrons. The van der Waals surface area contributed by atoms with Gasteiger partial charge in [0.15, 0.2) is 5.96 Å². The third kappa shape index (κ3) is 4.83. The molecule has 0 amide bonds. The number of hydrogen-bond donors (Lipinski definition) is 3. The van der Waals surface area contributed by atoms with Crippen molar-refractivity contribution < 1.29 is 0 Å². The van der Waals surface area contributed by atoms with Crippen LogP contribution in [0.3, 0.4) is 0 Å². The molecule has 1 aromatic carbocycles. The van der Waals surface area contributed by atoms with Gasteiger partial charge in [0.1, 0.15) is 11.6 Å². The summed E-state index contributed by atoms with van der Waals surface area (Å²) in [6.07, 6.45) is 9.87. The van der Waals surface area contributed by atoms with E-state index in [4.69, 9.17) is 0 Å². The highest BCUT2D eigenvalue weighted by atomic mass is 15.3. The molecule has 0 fully saturated rings. The summed E-state index contributed by atoms with van der Waals surface area (Å²) in [4.78, 5) is 7.73. The normalized spacial score (nSPS) is 14.5. The van der Waals surface area contributed by atoms with Crippen LogP contribution in [0.4, 0.5) is 0 Å². The number of guanidine groups is 1. The molecule has 4 rings (SSSR count). The predicted octanol–water partition coefficient (Wildman–Crippen LogP) is 3.13. The first-order valence-corrected chi connectivity index (χ1v) is 11.2. The topological polar surface area (TPSA) is 82.9 Å². The highest BCUT2D eigenvalue weighted by molar-refractivity contribution is 5.84. The fourth-order valence-electron chi connectivity index (χ4n) is 4.23. The van der Waals surface area contributed by atoms with Gasteiger partial charge in [0.25, 0.3) is 0 Å². The van der Waals surface area contributed by atoms with Gasteiger partial charge in [0.05, 0.1) is 0 Å². The quantitative estimate of drug-likeness (QED) is 0.319. The molecule has 2 aromatic heterocycles. The number of H-pyrrole nitrogens is 1. The Hall–Kier alpha value is -2.83. The molecule has 1 aliphatic heterocycles. The van der Waals surface area contributed by atoms with Crippen LogP contribution in [0.15, 0.2) is 29.4 Å². The van der Waals surface area contributed by atoms with E-state index in [0.717, 1.165) is 57.1 Å². The van der Waals surface area contributed by atoms with Gasteiger partial charge in [-0.2, -0.15) is 0 Å². The highest BCUT2D eigenvalue weighted by Gasteiger charge is 2.14. The highest BCUT2D eigenvalue weighted by Crippen LogP contribution is 2.19. The Morgan fingerprint density at radius 2 is 2.03 bits per heavy atom. The zero-order valence-corrected chi connectivity index (χ0v) is 18.2. The second kappa shape index (κ2) is 9.78. The van der Waals surface area contributed by atoms with Crippen molar-refractivity contribution in [3.05, 3.63) is 47.2 Å². The van der Waals surface area contributed by atoms with E-state index in [2.05, 4.69) is 66.7 Å². The summed E-state index contributed by atoms with van der Waals surface area (Å²) in [6.45, 7) is 4.91. The van der Waals surface area contributed by atoms with Gasteiger partial charge in [0.2, 0.25) is 0 Å². The summed E-state index contributed by atoms with van der Waals surface area (Å²) in [5.41, 5.74) is 3.82. The summed E-state index contributed by atoms with van der Waals surface area (Å²) >= 11 is 0. The first kappa shape index (κ1) is 20.4. The smallest absolute Gasteiger partial charge is 0.190 e. The first-order valence-electron chi connectivity index (χ1n) is 11.2. The predicted molar refractivity (Wildman–Crippen MR) is 122 cm³/mol. The van der Waals surface area contributed by atoms with Crippen LogP contribution >= 0.6 is 0 Å². The van der Waals surface area contributed by atoms with Gasteiger partial charge >= 0.3 is 0 Å². The Balaban J connectivity index is 1.20. The fraction of sp³-hybridized carbons (Fsp3) is 0.522. The molecule has 0 bridgehead atoms. The average molecular weight is 408 g/mol. The van der Waals surface area contributed by atoms with E-state index >= 15 is 0 Å². The van der Waals surface area contributed by atoms with Gasteiger partial charge in [-0.05, 0) is 49.8 Å². The van der Waals surface area contributed by atoms with Crippen molar-refractivity contribution >= 4 is 16.9 Å². The molecule has 3 heterocycles. The number of fused-ring (bicyclic) bond motifs is 2. The van der Waals surface area contributed by atoms with Crippen molar-refractivity contribution in [3.63, 3.8) is 0 Å². The Bertz CT molecular complexity index is 998. The third-order valence-electron chi connectivity index (χ3n) is 5.89. The third-order valence-corrected chi connectivity index (χ3v) is 5.89. The van der Waals surface area contributed by atoms with E-state index < -0.39 is 0 Å². The Labute approximate surface area is 178 Å². The largest absolute Gasteiger partial charge is 0.361 e. The molecule has 0 aliphatic carbocycles. The van der Waals surface area contributed by atoms with Crippen molar-refractivity contribution in [3.8, 4) is 0 Å². The molecular weight excluding hydrogens is 374 g/mol. The molecule has 0 saturated carbocycles. The fourth-order valence-corrected chi connectivity index (χ4v) is 4.23. The number of aromatic nitrogens is 4. The van der Waals surface area contributed by atoms with Crippen molar-refractivity contribution in [2.24, 2.45) is 4.99 Å². The molecule has 7 nitrogen and oxygen atoms in total. The Morgan fingerprint density at radius 3 is 2.93 bits per heavy atom. The molecule has 160 valence electrons. The van der Waals surface area contributed by atoms with Crippen LogP contribution in [0.25, 0.3) is 10.9 Å². The Morgan fingerprint density at radius 1 is 1.13 bits per heavy atom. The monoisotopic (exact) mass is 407 g/mol. The number of aromatic amines is 1. The minimum atomic E-state index is 0.845. The molecule has 0 unspecified atom stereocenters. The van der Waals surface area contributed by atoms with Crippen LogP contribution in [-0.4, -0.2) is 45.8 Å². The summed E-state index contributed by atoms with van der Waals surface area (Å²) < 4.78 is 2.34. The van der Waals surface area contributed by atoms with Crippen LogP contribution in [0, 0.1) is 6.92 Å². The minimum absolute atomic E-state index is 0.845. The number of benzene rings is 1. The number of aliphatic imine (C=N–C) groups is 1. The van der Waals surface area contributed by atoms with E-state index in [1.165, 1.54) is 47.1 Å². The zero-order chi connectivity index (χ0) is 20.8.